The van der Waals surface area contributed by atoms with Crippen LogP contribution < -0.4 is 0 Å². The molecule has 0 saturated heterocycles. The van der Waals surface area contributed by atoms with Gasteiger partial charge in [0.05, 0.1) is 21.8 Å². The summed E-state index contributed by atoms with van der Waals surface area (Å²) in [5, 5.41) is 20.5. The van der Waals surface area contributed by atoms with Crippen molar-refractivity contribution in [1.82, 2.24) is 9.78 Å². The molecule has 0 fully saturated rings. The minimum Gasteiger partial charge on any atom is -0.478 e. The summed E-state index contributed by atoms with van der Waals surface area (Å²) in [7, 11) is 0. The van der Waals surface area contributed by atoms with Gasteiger partial charge in [-0.3, -0.25) is 0 Å². The molecule has 33 heavy (non-hydrogen) atoms. The molecule has 0 bridgehead atoms. The van der Waals surface area contributed by atoms with E-state index in [1.165, 1.54) is 18.5 Å². The van der Waals surface area contributed by atoms with Crippen molar-refractivity contribution in [2.45, 2.75) is 18.0 Å². The summed E-state index contributed by atoms with van der Waals surface area (Å²) in [6, 6.07) is 3.19. The Morgan fingerprint density at radius 1 is 1.06 bits per heavy atom. The van der Waals surface area contributed by atoms with Crippen molar-refractivity contribution in [3.05, 3.63) is 56.6 Å². The average molecular weight is 532 g/mol. The first-order valence-corrected chi connectivity index (χ1v) is 9.83. The molecule has 1 N–H and O–H groups in total. The zero-order valence-corrected chi connectivity index (χ0v) is 17.7. The highest BCUT2D eigenvalue weighted by Crippen LogP contribution is 2.54. The third-order valence-electron chi connectivity index (χ3n) is 4.36. The molecule has 0 saturated carbocycles. The zero-order chi connectivity index (χ0) is 24.9. The SMILES string of the molecule is N#Cc1sc(-c2cnn(-c3c(Cl)cc(C(F)(C(F)(F)F)C(F)(F)F)cc3Cl)c2)cc1C(=O)O. The van der Waals surface area contributed by atoms with Crippen molar-refractivity contribution in [3.63, 3.8) is 0 Å². The standard InChI is InChI=1S/C18H6Cl2F7N3O2S/c19-10-1-8(16(21,17(22,23)24)18(25,26)27)2-11(20)14(10)30-6-7(5-29-30)12-3-9(15(31)32)13(4-28)33-12/h1-3,5-6H,(H,31,32). The molecule has 0 radical (unpaired) electrons. The third kappa shape index (κ3) is 4.14. The predicted molar refractivity (Wildman–Crippen MR) is 103 cm³/mol. The van der Waals surface area contributed by atoms with E-state index in [9.17, 15) is 35.5 Å². The van der Waals surface area contributed by atoms with Crippen LogP contribution in [0.25, 0.3) is 16.1 Å². The van der Waals surface area contributed by atoms with Crippen LogP contribution in [0.2, 0.25) is 10.0 Å². The van der Waals surface area contributed by atoms with Crippen LogP contribution in [0.5, 0.6) is 0 Å². The first-order valence-electron chi connectivity index (χ1n) is 8.26. The van der Waals surface area contributed by atoms with E-state index in [1.54, 1.807) is 6.07 Å². The van der Waals surface area contributed by atoms with Crippen LogP contribution >= 0.6 is 34.5 Å². The van der Waals surface area contributed by atoms with Crippen LogP contribution in [0.3, 0.4) is 0 Å². The Balaban J connectivity index is 2.10. The van der Waals surface area contributed by atoms with Crippen LogP contribution in [0.15, 0.2) is 30.6 Å². The summed E-state index contributed by atoms with van der Waals surface area (Å²) in [5.74, 6) is -1.35. The van der Waals surface area contributed by atoms with Crippen molar-refractivity contribution in [2.75, 3.05) is 0 Å². The number of carboxylic acids is 1. The summed E-state index contributed by atoms with van der Waals surface area (Å²) in [6.07, 6.45) is -10.3. The molecule has 0 unspecified atom stereocenters. The Kier molecular flexibility index (Phi) is 6.16. The summed E-state index contributed by atoms with van der Waals surface area (Å²) in [4.78, 5) is 11.4. The van der Waals surface area contributed by atoms with Gasteiger partial charge >= 0.3 is 24.0 Å². The number of carboxylic acid groups (broad SMARTS) is 1. The smallest absolute Gasteiger partial charge is 0.435 e. The molecule has 2 heterocycles. The van der Waals surface area contributed by atoms with Gasteiger partial charge in [-0.2, -0.15) is 36.7 Å². The number of halogens is 9. The highest BCUT2D eigenvalue weighted by molar-refractivity contribution is 7.16. The quantitative estimate of drug-likeness (QED) is 0.377. The van der Waals surface area contributed by atoms with Crippen LogP contribution in [0, 0.1) is 11.3 Å². The second kappa shape index (κ2) is 8.19. The van der Waals surface area contributed by atoms with Gasteiger partial charge < -0.3 is 5.11 Å². The topological polar surface area (TPSA) is 78.9 Å². The first-order chi connectivity index (χ1) is 15.1. The largest absolute Gasteiger partial charge is 0.478 e. The van der Waals surface area contributed by atoms with Crippen molar-refractivity contribution in [2.24, 2.45) is 0 Å². The molecule has 3 rings (SSSR count). The molecular formula is C18H6Cl2F7N3O2S. The lowest BCUT2D eigenvalue weighted by molar-refractivity contribution is -0.348. The molecule has 0 aliphatic heterocycles. The summed E-state index contributed by atoms with van der Waals surface area (Å²) >= 11 is 12.5. The van der Waals surface area contributed by atoms with Crippen LogP contribution in [-0.2, 0) is 5.67 Å². The van der Waals surface area contributed by atoms with Gasteiger partial charge in [0.1, 0.15) is 16.6 Å². The normalized spacial score (nSPS) is 12.6. The van der Waals surface area contributed by atoms with Gasteiger partial charge in [0.2, 0.25) is 0 Å². The summed E-state index contributed by atoms with van der Waals surface area (Å²) in [5.41, 5.74) is -7.97. The Bertz CT molecular complexity index is 1250. The fourth-order valence-electron chi connectivity index (χ4n) is 2.82. The molecule has 0 aliphatic rings. The number of nitrogens with zero attached hydrogens (tertiary/aromatic N) is 3. The van der Waals surface area contributed by atoms with Gasteiger partial charge in [-0.1, -0.05) is 23.2 Å². The highest BCUT2D eigenvalue weighted by atomic mass is 35.5. The van der Waals surface area contributed by atoms with Crippen LogP contribution in [-0.4, -0.2) is 33.2 Å². The van der Waals surface area contributed by atoms with Crippen LogP contribution in [0.1, 0.15) is 20.8 Å². The molecule has 0 spiro atoms. The number of aromatic nitrogens is 2. The maximum Gasteiger partial charge on any atom is 0.435 e. The second-order valence-corrected chi connectivity index (χ2v) is 8.25. The van der Waals surface area contributed by atoms with Gasteiger partial charge in [0.25, 0.3) is 0 Å². The molecule has 174 valence electrons. The number of aromatic carboxylic acids is 1. The number of benzene rings is 1. The summed E-state index contributed by atoms with van der Waals surface area (Å²) in [6.45, 7) is 0. The summed E-state index contributed by atoms with van der Waals surface area (Å²) < 4.78 is 93.4. The Hall–Kier alpha value is -2.82. The van der Waals surface area contributed by atoms with E-state index in [0.717, 1.165) is 16.0 Å². The minimum atomic E-state index is -6.35. The molecule has 0 aliphatic carbocycles. The van der Waals surface area contributed by atoms with Gasteiger partial charge in [-0.25, -0.2) is 13.9 Å². The maximum atomic E-state index is 14.3. The van der Waals surface area contributed by atoms with Gasteiger partial charge in [0, 0.05) is 22.2 Å². The fourth-order valence-corrected chi connectivity index (χ4v) is 4.40. The Morgan fingerprint density at radius 2 is 1.61 bits per heavy atom. The number of rotatable bonds is 4. The Labute approximate surface area is 193 Å². The second-order valence-electron chi connectivity index (χ2n) is 6.39. The number of alkyl halides is 7. The molecule has 3 aromatic rings. The highest BCUT2D eigenvalue weighted by Gasteiger charge is 2.73. The van der Waals surface area contributed by atoms with Crippen molar-refractivity contribution in [1.29, 1.82) is 5.26 Å². The van der Waals surface area contributed by atoms with E-state index in [2.05, 4.69) is 5.10 Å². The molecule has 0 amide bonds. The predicted octanol–water partition coefficient (Wildman–Crippen LogP) is 6.77. The molecular weight excluding hydrogens is 526 g/mol. The van der Waals surface area contributed by atoms with E-state index in [4.69, 9.17) is 33.6 Å². The van der Waals surface area contributed by atoms with Gasteiger partial charge in [-0.15, -0.1) is 11.3 Å². The van der Waals surface area contributed by atoms with E-state index in [0.29, 0.717) is 0 Å². The molecule has 5 nitrogen and oxygen atoms in total. The molecule has 15 heteroatoms. The van der Waals surface area contributed by atoms with E-state index < -0.39 is 39.6 Å². The molecule has 1 aromatic carbocycles. The number of hydrogen-bond donors (Lipinski definition) is 1. The lowest BCUT2D eigenvalue weighted by Gasteiger charge is -2.30. The molecule has 0 atom stereocenters. The zero-order valence-electron chi connectivity index (χ0n) is 15.4. The van der Waals surface area contributed by atoms with Crippen LogP contribution in [0.4, 0.5) is 30.7 Å². The Morgan fingerprint density at radius 3 is 2.03 bits per heavy atom. The van der Waals surface area contributed by atoms with Crippen molar-refractivity contribution < 1.29 is 40.6 Å². The minimum absolute atomic E-state index is 0.107. The van der Waals surface area contributed by atoms with Gasteiger partial charge in [-0.05, 0) is 18.2 Å². The number of nitriles is 1. The maximum absolute atomic E-state index is 14.3. The van der Waals surface area contributed by atoms with Crippen molar-refractivity contribution in [3.8, 4) is 22.2 Å². The van der Waals surface area contributed by atoms with Crippen molar-refractivity contribution >= 4 is 40.5 Å². The molecule has 2 aromatic heterocycles. The average Bonchev–Trinajstić information content (AvgIpc) is 3.31. The number of hydrogen-bond acceptors (Lipinski definition) is 4. The number of thiophene rings is 1. The van der Waals surface area contributed by atoms with E-state index in [1.807, 2.05) is 0 Å². The van der Waals surface area contributed by atoms with E-state index >= 15 is 0 Å². The lowest BCUT2D eigenvalue weighted by atomic mass is 9.94. The lowest BCUT2D eigenvalue weighted by Crippen LogP contribution is -2.50. The fraction of sp³-hybridized carbons (Fsp3) is 0.167. The number of carbonyl (C=O) groups is 1. The van der Waals surface area contributed by atoms with Gasteiger partial charge in [0.15, 0.2) is 0 Å². The third-order valence-corrected chi connectivity index (χ3v) is 6.02. The first kappa shape index (κ1) is 24.8. The van der Waals surface area contributed by atoms with E-state index in [-0.39, 0.29) is 38.7 Å². The monoisotopic (exact) mass is 531 g/mol.